The van der Waals surface area contributed by atoms with Crippen LogP contribution in [0, 0.1) is 12.8 Å². The maximum Gasteiger partial charge on any atom is 0.459 e. The lowest BCUT2D eigenvalue weighted by Gasteiger charge is -2.30. The maximum atomic E-state index is 14.5. The molecule has 0 saturated carbocycles. The highest BCUT2D eigenvalue weighted by molar-refractivity contribution is 7.52. The van der Waals surface area contributed by atoms with E-state index in [2.05, 4.69) is 26.9 Å². The summed E-state index contributed by atoms with van der Waals surface area (Å²) in [4.78, 5) is 20.9. The standard InChI is InChI=1S/C32H47N6O8P/c1-8-22(9-2)15-43-31(41)21(6)37-47(42,46-25-14-20(5)10-11-23(25)19(3)4)44-16-26-28(39)29(40)32(45-26,17-34-7)27-13-12-24-30(33)35-18-36-38(24)27/h10-14,18-19,21-22,26,28-29,39-40H,7-9,15-17H2,1-6H3,(H,37,42)(H2,33,35,36)/t21-,26+,28+,29+,32-,47?/m0/s1. The number of fused-ring (bicyclic) bond motifs is 1. The van der Waals surface area contributed by atoms with E-state index in [1.807, 2.05) is 46.8 Å². The van der Waals surface area contributed by atoms with E-state index in [9.17, 15) is 19.6 Å². The van der Waals surface area contributed by atoms with Crippen LogP contribution in [0.4, 0.5) is 5.82 Å². The molecule has 1 aliphatic heterocycles. The van der Waals surface area contributed by atoms with Crippen molar-refractivity contribution >= 4 is 31.8 Å². The molecule has 1 aromatic carbocycles. The third kappa shape index (κ3) is 7.85. The van der Waals surface area contributed by atoms with Crippen molar-refractivity contribution in [2.75, 3.05) is 25.5 Å². The Kier molecular flexibility index (Phi) is 11.8. The van der Waals surface area contributed by atoms with Crippen LogP contribution in [0.5, 0.6) is 5.75 Å². The van der Waals surface area contributed by atoms with Gasteiger partial charge in [-0.2, -0.15) is 10.2 Å². The van der Waals surface area contributed by atoms with Crippen LogP contribution in [-0.4, -0.2) is 81.6 Å². The van der Waals surface area contributed by atoms with E-state index in [0.717, 1.165) is 24.0 Å². The molecule has 0 amide bonds. The third-order valence-corrected chi connectivity index (χ3v) is 10.2. The molecule has 3 heterocycles. The van der Waals surface area contributed by atoms with Gasteiger partial charge in [-0.15, -0.1) is 0 Å². The lowest BCUT2D eigenvalue weighted by Crippen LogP contribution is -2.44. The second-order valence-corrected chi connectivity index (χ2v) is 14.0. The Bertz CT molecular complexity index is 1600. The number of carbonyl (C=O) groups excluding carboxylic acids is 1. The number of aliphatic hydroxyl groups is 2. The summed E-state index contributed by atoms with van der Waals surface area (Å²) in [6, 6.07) is 7.75. The normalized spacial score (nSPS) is 23.2. The first-order chi connectivity index (χ1) is 22.3. The number of rotatable bonds is 16. The van der Waals surface area contributed by atoms with Crippen LogP contribution >= 0.6 is 7.75 Å². The molecule has 0 aliphatic carbocycles. The number of nitrogen functional groups attached to an aromatic ring is 1. The van der Waals surface area contributed by atoms with Crippen molar-refractivity contribution in [3.05, 3.63) is 53.5 Å². The summed E-state index contributed by atoms with van der Waals surface area (Å²) >= 11 is 0. The van der Waals surface area contributed by atoms with Crippen molar-refractivity contribution in [3.8, 4) is 5.75 Å². The molecule has 258 valence electrons. The molecule has 1 aliphatic rings. The molecule has 3 aromatic rings. The summed E-state index contributed by atoms with van der Waals surface area (Å²) in [6.45, 7) is 14.5. The van der Waals surface area contributed by atoms with Gasteiger partial charge < -0.3 is 29.9 Å². The first kappa shape index (κ1) is 36.4. The number of aromatic nitrogens is 3. The molecule has 5 N–H and O–H groups in total. The number of nitrogens with two attached hydrogens (primary N) is 1. The molecule has 1 fully saturated rings. The summed E-state index contributed by atoms with van der Waals surface area (Å²) in [5, 5.41) is 29.6. The van der Waals surface area contributed by atoms with Crippen molar-refractivity contribution in [2.45, 2.75) is 90.3 Å². The van der Waals surface area contributed by atoms with Crippen LogP contribution in [0.3, 0.4) is 0 Å². The predicted octanol–water partition coefficient (Wildman–Crippen LogP) is 3.92. The Balaban J connectivity index is 1.62. The van der Waals surface area contributed by atoms with E-state index >= 15 is 0 Å². The minimum absolute atomic E-state index is 0.0123. The third-order valence-electron chi connectivity index (χ3n) is 8.55. The zero-order valence-corrected chi connectivity index (χ0v) is 28.7. The van der Waals surface area contributed by atoms with Crippen LogP contribution in [0.25, 0.3) is 5.52 Å². The molecule has 0 bridgehead atoms. The zero-order valence-electron chi connectivity index (χ0n) is 27.8. The molecule has 1 saturated heterocycles. The Morgan fingerprint density at radius 3 is 2.62 bits per heavy atom. The summed E-state index contributed by atoms with van der Waals surface area (Å²) < 4.78 is 39.7. The zero-order chi connectivity index (χ0) is 34.5. The highest BCUT2D eigenvalue weighted by Crippen LogP contribution is 2.49. The highest BCUT2D eigenvalue weighted by atomic mass is 31.2. The van der Waals surface area contributed by atoms with Gasteiger partial charge in [0.15, 0.2) is 11.4 Å². The molecule has 0 radical (unpaired) electrons. The number of carbonyl (C=O) groups is 1. The number of nitrogens with zero attached hydrogens (tertiary/aromatic N) is 4. The van der Waals surface area contributed by atoms with Gasteiger partial charge in [0, 0.05) is 0 Å². The summed E-state index contributed by atoms with van der Waals surface area (Å²) in [7, 11) is -4.36. The molecular formula is C32H47N6O8P. The lowest BCUT2D eigenvalue weighted by molar-refractivity contribution is -0.146. The predicted molar refractivity (Wildman–Crippen MR) is 177 cm³/mol. The SMILES string of the molecule is C=NC[C@@]1(c2ccc3c(N)ncnn23)O[C@H](COP(=O)(N[C@@H](C)C(=O)OCC(CC)CC)Oc2cc(C)ccc2C(C)C)[C@@H](O)[C@H]1O. The Morgan fingerprint density at radius 1 is 1.23 bits per heavy atom. The minimum atomic E-state index is -4.36. The topological polar surface area (TPSA) is 192 Å². The van der Waals surface area contributed by atoms with Crippen molar-refractivity contribution in [1.29, 1.82) is 0 Å². The number of nitrogens with one attached hydrogen (secondary N) is 1. The number of aryl methyl sites for hydroxylation is 1. The van der Waals surface area contributed by atoms with Crippen LogP contribution < -0.4 is 15.3 Å². The molecule has 0 spiro atoms. The molecule has 14 nitrogen and oxygen atoms in total. The second-order valence-electron chi connectivity index (χ2n) is 12.3. The molecular weight excluding hydrogens is 627 g/mol. The number of aliphatic hydroxyl groups excluding tert-OH is 2. The van der Waals surface area contributed by atoms with Crippen molar-refractivity contribution < 1.29 is 38.1 Å². The van der Waals surface area contributed by atoms with Crippen LogP contribution in [0.15, 0.2) is 41.7 Å². The van der Waals surface area contributed by atoms with E-state index in [1.54, 1.807) is 18.2 Å². The quantitative estimate of drug-likeness (QED) is 0.0974. The molecule has 1 unspecified atom stereocenters. The average Bonchev–Trinajstić information content (AvgIpc) is 3.57. The largest absolute Gasteiger partial charge is 0.464 e. The molecule has 6 atom stereocenters. The van der Waals surface area contributed by atoms with Gasteiger partial charge in [-0.1, -0.05) is 52.7 Å². The van der Waals surface area contributed by atoms with Gasteiger partial charge in [-0.05, 0) is 61.7 Å². The van der Waals surface area contributed by atoms with Gasteiger partial charge in [0.1, 0.15) is 41.9 Å². The fraction of sp³-hybridized carbons (Fsp3) is 0.562. The van der Waals surface area contributed by atoms with E-state index in [0.29, 0.717) is 17.0 Å². The molecule has 15 heteroatoms. The van der Waals surface area contributed by atoms with E-state index < -0.39 is 50.3 Å². The Labute approximate surface area is 275 Å². The number of ether oxygens (including phenoxy) is 2. The van der Waals surface area contributed by atoms with Gasteiger partial charge in [0.05, 0.1) is 25.5 Å². The highest BCUT2D eigenvalue weighted by Gasteiger charge is 2.57. The van der Waals surface area contributed by atoms with Crippen LogP contribution in [-0.2, 0) is 29.0 Å². The smallest absolute Gasteiger partial charge is 0.459 e. The first-order valence-corrected chi connectivity index (χ1v) is 17.4. The van der Waals surface area contributed by atoms with Crippen LogP contribution in [0.2, 0.25) is 0 Å². The molecule has 2 aromatic heterocycles. The van der Waals surface area contributed by atoms with Gasteiger partial charge in [0.25, 0.3) is 0 Å². The van der Waals surface area contributed by atoms with Gasteiger partial charge in [-0.25, -0.2) is 14.1 Å². The second kappa shape index (κ2) is 15.2. The average molecular weight is 675 g/mol. The Morgan fingerprint density at radius 2 is 1.96 bits per heavy atom. The Hall–Kier alpha value is -3.39. The fourth-order valence-electron chi connectivity index (χ4n) is 5.61. The van der Waals surface area contributed by atoms with Crippen molar-refractivity contribution in [1.82, 2.24) is 19.7 Å². The number of benzene rings is 1. The number of hydrogen-bond acceptors (Lipinski definition) is 12. The molecule has 4 rings (SSSR count). The lowest BCUT2D eigenvalue weighted by atomic mass is 9.91. The van der Waals surface area contributed by atoms with E-state index in [1.165, 1.54) is 17.8 Å². The fourth-order valence-corrected chi connectivity index (χ4v) is 7.13. The van der Waals surface area contributed by atoms with Gasteiger partial charge in [0.2, 0.25) is 0 Å². The monoisotopic (exact) mass is 674 g/mol. The van der Waals surface area contributed by atoms with Gasteiger partial charge >= 0.3 is 13.7 Å². The van der Waals surface area contributed by atoms with Gasteiger partial charge in [-0.3, -0.25) is 14.3 Å². The number of anilines is 1. The summed E-state index contributed by atoms with van der Waals surface area (Å²) in [5.41, 5.74) is 6.83. The maximum absolute atomic E-state index is 14.5. The summed E-state index contributed by atoms with van der Waals surface area (Å²) in [6.07, 6.45) is -1.30. The summed E-state index contributed by atoms with van der Waals surface area (Å²) in [5.74, 6) is 0.101. The van der Waals surface area contributed by atoms with Crippen LogP contribution in [0.1, 0.15) is 70.2 Å². The molecule has 47 heavy (non-hydrogen) atoms. The van der Waals surface area contributed by atoms with E-state index in [4.69, 9.17) is 24.3 Å². The number of esters is 1. The number of aliphatic imine (C=N–C) groups is 1. The van der Waals surface area contributed by atoms with Crippen molar-refractivity contribution in [2.24, 2.45) is 10.9 Å². The first-order valence-electron chi connectivity index (χ1n) is 15.8. The minimum Gasteiger partial charge on any atom is -0.464 e. The number of hydrogen-bond donors (Lipinski definition) is 4. The van der Waals surface area contributed by atoms with E-state index in [-0.39, 0.29) is 30.8 Å². The van der Waals surface area contributed by atoms with Crippen molar-refractivity contribution in [3.63, 3.8) is 0 Å².